The fourth-order valence-corrected chi connectivity index (χ4v) is 4.66. The normalized spacial score (nSPS) is 20.1. The minimum absolute atomic E-state index is 0.0576. The van der Waals surface area contributed by atoms with Crippen LogP contribution >= 0.6 is 0 Å². The number of rotatable bonds is 4. The Labute approximate surface area is 162 Å². The van der Waals surface area contributed by atoms with Crippen LogP contribution in [0.2, 0.25) is 0 Å². The Balaban J connectivity index is 1.66. The highest BCUT2D eigenvalue weighted by Crippen LogP contribution is 2.37. The van der Waals surface area contributed by atoms with Crippen LogP contribution in [0.5, 0.6) is 0 Å². The van der Waals surface area contributed by atoms with Crippen LogP contribution in [0.1, 0.15) is 29.7 Å². The first kappa shape index (κ1) is 18.2. The number of carbonyl (C=O) groups excluding carboxylic acids is 1. The van der Waals surface area contributed by atoms with Crippen LogP contribution in [-0.4, -0.2) is 54.5 Å². The molecule has 2 aromatic carbocycles. The van der Waals surface area contributed by atoms with Gasteiger partial charge in [0.05, 0.1) is 6.04 Å². The van der Waals surface area contributed by atoms with Crippen molar-refractivity contribution < 1.29 is 4.79 Å². The van der Waals surface area contributed by atoms with Gasteiger partial charge in [-0.3, -0.25) is 9.69 Å². The van der Waals surface area contributed by atoms with Gasteiger partial charge in [0.25, 0.3) is 0 Å². The summed E-state index contributed by atoms with van der Waals surface area (Å²) in [6.07, 6.45) is 1.63. The van der Waals surface area contributed by atoms with Crippen molar-refractivity contribution in [1.29, 1.82) is 0 Å². The van der Waals surface area contributed by atoms with E-state index in [1.54, 1.807) is 0 Å². The fourth-order valence-electron chi connectivity index (χ4n) is 4.66. The van der Waals surface area contributed by atoms with Crippen LogP contribution in [0.25, 0.3) is 0 Å². The Morgan fingerprint density at radius 1 is 1.00 bits per heavy atom. The standard InChI is InChI=1S/C23H29N3O/c1-18(19-8-4-3-5-9-19)25(2)22(27)23(26-14-12-24-13-15-26)16-20-10-6-7-11-21(20)17-23/h3-11,18,24H,12-17H2,1-2H3/t18-/m0/s1. The van der Waals surface area contributed by atoms with E-state index in [0.29, 0.717) is 0 Å². The zero-order valence-corrected chi connectivity index (χ0v) is 16.3. The van der Waals surface area contributed by atoms with Gasteiger partial charge in [-0.1, -0.05) is 54.6 Å². The van der Waals surface area contributed by atoms with Crippen LogP contribution in [-0.2, 0) is 17.6 Å². The SMILES string of the molecule is C[C@@H](c1ccccc1)N(C)C(=O)C1(N2CCNCC2)Cc2ccccc2C1. The second-order valence-electron chi connectivity index (χ2n) is 7.89. The molecule has 0 unspecified atom stereocenters. The zero-order valence-electron chi connectivity index (χ0n) is 16.3. The monoisotopic (exact) mass is 363 g/mol. The molecule has 2 aromatic rings. The third-order valence-electron chi connectivity index (χ3n) is 6.39. The Morgan fingerprint density at radius 2 is 1.56 bits per heavy atom. The topological polar surface area (TPSA) is 35.6 Å². The summed E-state index contributed by atoms with van der Waals surface area (Å²) in [6, 6.07) is 18.9. The predicted octanol–water partition coefficient (Wildman–Crippen LogP) is 2.65. The van der Waals surface area contributed by atoms with Crippen LogP contribution < -0.4 is 5.32 Å². The smallest absolute Gasteiger partial charge is 0.244 e. The molecule has 0 bridgehead atoms. The first-order valence-electron chi connectivity index (χ1n) is 9.96. The molecule has 1 saturated heterocycles. The lowest BCUT2D eigenvalue weighted by Crippen LogP contribution is -2.64. The number of hydrogen-bond donors (Lipinski definition) is 1. The maximum absolute atomic E-state index is 13.9. The van der Waals surface area contributed by atoms with Crippen LogP contribution in [0.15, 0.2) is 54.6 Å². The number of benzene rings is 2. The van der Waals surface area contributed by atoms with E-state index >= 15 is 0 Å². The minimum Gasteiger partial charge on any atom is -0.337 e. The van der Waals surface area contributed by atoms with Gasteiger partial charge in [0, 0.05) is 46.1 Å². The number of nitrogens with one attached hydrogen (secondary N) is 1. The van der Waals surface area contributed by atoms with Gasteiger partial charge in [0.2, 0.25) is 5.91 Å². The number of likely N-dealkylation sites (N-methyl/N-ethyl adjacent to an activating group) is 1. The van der Waals surface area contributed by atoms with Gasteiger partial charge in [0.15, 0.2) is 0 Å². The van der Waals surface area contributed by atoms with Gasteiger partial charge in [-0.25, -0.2) is 0 Å². The summed E-state index contributed by atoms with van der Waals surface area (Å²) in [5, 5.41) is 3.43. The lowest BCUT2D eigenvalue weighted by atomic mass is 9.89. The van der Waals surface area contributed by atoms with Crippen molar-refractivity contribution in [1.82, 2.24) is 15.1 Å². The van der Waals surface area contributed by atoms with Crippen molar-refractivity contribution in [2.45, 2.75) is 31.3 Å². The quantitative estimate of drug-likeness (QED) is 0.907. The molecule has 4 heteroatoms. The van der Waals surface area contributed by atoms with E-state index in [1.165, 1.54) is 16.7 Å². The molecule has 2 aliphatic rings. The predicted molar refractivity (Wildman–Crippen MR) is 109 cm³/mol. The molecule has 4 rings (SSSR count). The number of nitrogens with zero attached hydrogens (tertiary/aromatic N) is 2. The van der Waals surface area contributed by atoms with Crippen LogP contribution in [0, 0.1) is 0 Å². The molecule has 1 fully saturated rings. The molecule has 0 saturated carbocycles. The van der Waals surface area contributed by atoms with E-state index in [1.807, 2.05) is 30.1 Å². The second kappa shape index (κ2) is 7.45. The Bertz CT molecular complexity index is 773. The maximum atomic E-state index is 13.9. The van der Waals surface area contributed by atoms with E-state index < -0.39 is 5.54 Å². The lowest BCUT2D eigenvalue weighted by Gasteiger charge is -2.45. The van der Waals surface area contributed by atoms with Crippen molar-refractivity contribution >= 4 is 5.91 Å². The van der Waals surface area contributed by atoms with Gasteiger partial charge in [0.1, 0.15) is 5.54 Å². The zero-order chi connectivity index (χ0) is 18.9. The summed E-state index contributed by atoms with van der Waals surface area (Å²) in [5.74, 6) is 0.247. The molecule has 0 radical (unpaired) electrons. The fraction of sp³-hybridized carbons (Fsp3) is 0.435. The first-order chi connectivity index (χ1) is 13.1. The number of hydrogen-bond acceptors (Lipinski definition) is 3. The van der Waals surface area contributed by atoms with Crippen molar-refractivity contribution in [3.63, 3.8) is 0 Å². The average Bonchev–Trinajstić information content (AvgIpc) is 3.14. The summed E-state index contributed by atoms with van der Waals surface area (Å²) in [5.41, 5.74) is 3.37. The molecule has 142 valence electrons. The number of carbonyl (C=O) groups is 1. The molecule has 1 aliphatic carbocycles. The average molecular weight is 364 g/mol. The van der Waals surface area contributed by atoms with Gasteiger partial charge in [-0.05, 0) is 23.6 Å². The van der Waals surface area contributed by atoms with E-state index in [2.05, 4.69) is 53.5 Å². The number of piperazine rings is 1. The molecule has 0 spiro atoms. The summed E-state index contributed by atoms with van der Waals surface area (Å²) >= 11 is 0. The number of fused-ring (bicyclic) bond motifs is 1. The van der Waals surface area contributed by atoms with Gasteiger partial charge < -0.3 is 10.2 Å². The Kier molecular flexibility index (Phi) is 5.02. The third-order valence-corrected chi connectivity index (χ3v) is 6.39. The molecule has 0 aromatic heterocycles. The largest absolute Gasteiger partial charge is 0.337 e. The highest BCUT2D eigenvalue weighted by atomic mass is 16.2. The first-order valence-corrected chi connectivity index (χ1v) is 9.96. The Morgan fingerprint density at radius 3 is 2.15 bits per heavy atom. The van der Waals surface area contributed by atoms with Crippen molar-refractivity contribution in [2.75, 3.05) is 33.2 Å². The second-order valence-corrected chi connectivity index (χ2v) is 7.89. The minimum atomic E-state index is -0.455. The molecule has 1 amide bonds. The highest BCUT2D eigenvalue weighted by Gasteiger charge is 2.50. The summed E-state index contributed by atoms with van der Waals surface area (Å²) < 4.78 is 0. The highest BCUT2D eigenvalue weighted by molar-refractivity contribution is 5.88. The molecule has 1 aliphatic heterocycles. The summed E-state index contributed by atoms with van der Waals surface area (Å²) in [7, 11) is 1.97. The third kappa shape index (κ3) is 3.28. The van der Waals surface area contributed by atoms with Crippen molar-refractivity contribution in [3.8, 4) is 0 Å². The molecule has 1 heterocycles. The summed E-state index contributed by atoms with van der Waals surface area (Å²) in [4.78, 5) is 18.3. The number of amides is 1. The van der Waals surface area contributed by atoms with E-state index in [9.17, 15) is 4.79 Å². The molecule has 27 heavy (non-hydrogen) atoms. The van der Waals surface area contributed by atoms with Gasteiger partial charge in [-0.15, -0.1) is 0 Å². The molecule has 1 atom stereocenters. The van der Waals surface area contributed by atoms with Gasteiger partial charge in [-0.2, -0.15) is 0 Å². The molecular weight excluding hydrogens is 334 g/mol. The Hall–Kier alpha value is -2.17. The van der Waals surface area contributed by atoms with Crippen LogP contribution in [0.3, 0.4) is 0 Å². The van der Waals surface area contributed by atoms with Gasteiger partial charge >= 0.3 is 0 Å². The van der Waals surface area contributed by atoms with Crippen molar-refractivity contribution in [2.24, 2.45) is 0 Å². The lowest BCUT2D eigenvalue weighted by molar-refractivity contribution is -0.145. The molecule has 1 N–H and O–H groups in total. The summed E-state index contributed by atoms with van der Waals surface area (Å²) in [6.45, 7) is 5.87. The maximum Gasteiger partial charge on any atom is 0.244 e. The van der Waals surface area contributed by atoms with E-state index in [4.69, 9.17) is 0 Å². The van der Waals surface area contributed by atoms with Crippen LogP contribution in [0.4, 0.5) is 0 Å². The molecule has 4 nitrogen and oxygen atoms in total. The molecular formula is C23H29N3O. The van der Waals surface area contributed by atoms with E-state index in [0.717, 1.165) is 39.0 Å². The van der Waals surface area contributed by atoms with Crippen molar-refractivity contribution in [3.05, 3.63) is 71.3 Å². The van der Waals surface area contributed by atoms with E-state index in [-0.39, 0.29) is 11.9 Å².